The molecule has 3 heterocycles. The van der Waals surface area contributed by atoms with E-state index in [2.05, 4.69) is 4.98 Å². The fourth-order valence-corrected chi connectivity index (χ4v) is 2.07. The monoisotopic (exact) mass is 284 g/mol. The van der Waals surface area contributed by atoms with Crippen molar-refractivity contribution in [2.75, 3.05) is 25.4 Å². The highest BCUT2D eigenvalue weighted by molar-refractivity contribution is 5.23. The number of aliphatic hydroxyl groups is 2. The number of hydrogen-bond donors (Lipinski definition) is 3. The zero-order valence-electron chi connectivity index (χ0n) is 10.6. The molecule has 2 unspecified atom stereocenters. The Kier molecular flexibility index (Phi) is 3.44. The second kappa shape index (κ2) is 5.11. The summed E-state index contributed by atoms with van der Waals surface area (Å²) in [6, 6.07) is 1.42. The third-order valence-electron chi connectivity index (χ3n) is 3.29. The molecule has 3 rings (SSSR count). The molecular weight excluding hydrogens is 268 g/mol. The number of ether oxygens (including phenoxy) is 1. The molecule has 0 aliphatic carbocycles. The Morgan fingerprint density at radius 3 is 2.85 bits per heavy atom. The summed E-state index contributed by atoms with van der Waals surface area (Å²) in [6.07, 6.45) is -2.71. The van der Waals surface area contributed by atoms with Crippen molar-refractivity contribution in [1.29, 1.82) is 0 Å². The van der Waals surface area contributed by atoms with Crippen molar-refractivity contribution in [3.05, 3.63) is 22.7 Å². The molecule has 4 N–H and O–H groups in total. The predicted octanol–water partition coefficient (Wildman–Crippen LogP) is -2.31. The van der Waals surface area contributed by atoms with E-state index in [0.717, 1.165) is 17.7 Å². The minimum absolute atomic E-state index is 0.0840. The van der Waals surface area contributed by atoms with Crippen LogP contribution in [0.25, 0.3) is 0 Å². The van der Waals surface area contributed by atoms with E-state index in [1.54, 1.807) is 5.06 Å². The highest BCUT2D eigenvalue weighted by Crippen LogP contribution is 2.29. The molecule has 9 heteroatoms. The van der Waals surface area contributed by atoms with Gasteiger partial charge in [-0.2, -0.15) is 10.0 Å². The average molecular weight is 284 g/mol. The lowest BCUT2D eigenvalue weighted by Crippen LogP contribution is -2.36. The van der Waals surface area contributed by atoms with Gasteiger partial charge in [0.15, 0.2) is 6.23 Å². The summed E-state index contributed by atoms with van der Waals surface area (Å²) in [5.41, 5.74) is 4.76. The highest BCUT2D eigenvalue weighted by atomic mass is 16.7. The average Bonchev–Trinajstić information content (AvgIpc) is 3.19. The standard InChI is InChI=1S/C11H16N4O5/c12-7-1-2-15(11(18)13-7)10-9(17)8(16)6(20-10)5-19-14-3-4-14/h1-2,6,8-10,16-17H,3-5H2,(H2,12,13,18)/t6-,8?,9?,10-/m1/s1. The van der Waals surface area contributed by atoms with Crippen LogP contribution < -0.4 is 11.4 Å². The topological polar surface area (TPSA) is 123 Å². The molecule has 9 nitrogen and oxygen atoms in total. The van der Waals surface area contributed by atoms with Crippen molar-refractivity contribution < 1.29 is 19.8 Å². The molecule has 4 atom stereocenters. The number of nitrogen functional groups attached to an aromatic ring is 1. The molecule has 2 saturated heterocycles. The van der Waals surface area contributed by atoms with E-state index in [1.165, 1.54) is 12.3 Å². The molecule has 2 fully saturated rings. The Morgan fingerprint density at radius 2 is 2.20 bits per heavy atom. The number of hydroxylamine groups is 2. The Bertz CT molecular complexity index is 546. The van der Waals surface area contributed by atoms with Gasteiger partial charge < -0.3 is 20.7 Å². The van der Waals surface area contributed by atoms with Gasteiger partial charge in [-0.05, 0) is 6.07 Å². The molecule has 2 aliphatic rings. The maximum Gasteiger partial charge on any atom is 0.351 e. The minimum Gasteiger partial charge on any atom is -0.387 e. The van der Waals surface area contributed by atoms with Crippen LogP contribution in [0.3, 0.4) is 0 Å². The third kappa shape index (κ3) is 2.53. The van der Waals surface area contributed by atoms with E-state index in [-0.39, 0.29) is 12.4 Å². The van der Waals surface area contributed by atoms with Crippen molar-refractivity contribution >= 4 is 5.82 Å². The fourth-order valence-electron chi connectivity index (χ4n) is 2.07. The summed E-state index contributed by atoms with van der Waals surface area (Å²) in [6.45, 7) is 1.80. The molecule has 1 aromatic heterocycles. The largest absolute Gasteiger partial charge is 0.387 e. The summed E-state index contributed by atoms with van der Waals surface area (Å²) in [7, 11) is 0. The first-order chi connectivity index (χ1) is 9.56. The van der Waals surface area contributed by atoms with Crippen LogP contribution in [0.15, 0.2) is 17.1 Å². The van der Waals surface area contributed by atoms with Crippen LogP contribution in [0.5, 0.6) is 0 Å². The molecule has 0 saturated carbocycles. The highest BCUT2D eigenvalue weighted by Gasteiger charge is 2.44. The number of nitrogens with zero attached hydrogens (tertiary/aromatic N) is 3. The number of aromatic nitrogens is 2. The van der Waals surface area contributed by atoms with Crippen molar-refractivity contribution in [1.82, 2.24) is 14.6 Å². The van der Waals surface area contributed by atoms with Gasteiger partial charge in [0, 0.05) is 19.3 Å². The molecule has 0 radical (unpaired) electrons. The van der Waals surface area contributed by atoms with Crippen LogP contribution in [0.1, 0.15) is 6.23 Å². The van der Waals surface area contributed by atoms with Gasteiger partial charge in [0.25, 0.3) is 0 Å². The number of hydrogen-bond acceptors (Lipinski definition) is 8. The van der Waals surface area contributed by atoms with E-state index in [1.807, 2.05) is 0 Å². The quantitative estimate of drug-likeness (QED) is 0.527. The van der Waals surface area contributed by atoms with Gasteiger partial charge in [-0.3, -0.25) is 9.40 Å². The molecule has 110 valence electrons. The number of nitrogens with two attached hydrogens (primary N) is 1. The van der Waals surface area contributed by atoms with Gasteiger partial charge in [0.2, 0.25) is 0 Å². The van der Waals surface area contributed by atoms with E-state index >= 15 is 0 Å². The first-order valence-corrected chi connectivity index (χ1v) is 6.30. The number of aliphatic hydroxyl groups excluding tert-OH is 2. The van der Waals surface area contributed by atoms with Gasteiger partial charge in [-0.1, -0.05) is 0 Å². The van der Waals surface area contributed by atoms with Crippen molar-refractivity contribution in [3.63, 3.8) is 0 Å². The zero-order chi connectivity index (χ0) is 14.3. The van der Waals surface area contributed by atoms with Crippen LogP contribution in [0.2, 0.25) is 0 Å². The molecule has 0 bridgehead atoms. The van der Waals surface area contributed by atoms with Gasteiger partial charge in [0.05, 0.1) is 6.61 Å². The lowest BCUT2D eigenvalue weighted by molar-refractivity contribution is -0.132. The summed E-state index contributed by atoms with van der Waals surface area (Å²) in [4.78, 5) is 20.6. The number of anilines is 1. The van der Waals surface area contributed by atoms with Crippen molar-refractivity contribution in [2.45, 2.75) is 24.5 Å². The van der Waals surface area contributed by atoms with Gasteiger partial charge in [-0.15, -0.1) is 0 Å². The molecular formula is C11H16N4O5. The summed E-state index contributed by atoms with van der Waals surface area (Å²) >= 11 is 0. The predicted molar refractivity (Wildman–Crippen MR) is 66.4 cm³/mol. The Morgan fingerprint density at radius 1 is 1.45 bits per heavy atom. The van der Waals surface area contributed by atoms with Crippen molar-refractivity contribution in [2.24, 2.45) is 0 Å². The van der Waals surface area contributed by atoms with Crippen LogP contribution in [0.4, 0.5) is 5.82 Å². The smallest absolute Gasteiger partial charge is 0.351 e. The van der Waals surface area contributed by atoms with E-state index < -0.39 is 30.2 Å². The van der Waals surface area contributed by atoms with Gasteiger partial charge >= 0.3 is 5.69 Å². The first kappa shape index (κ1) is 13.5. The normalized spacial score (nSPS) is 33.5. The lowest BCUT2D eigenvalue weighted by atomic mass is 10.1. The SMILES string of the molecule is Nc1ccn([C@@H]2O[C@H](CON3CC3)C(O)C2O)c(=O)n1. The van der Waals surface area contributed by atoms with Crippen LogP contribution in [0, 0.1) is 0 Å². The molecule has 0 amide bonds. The van der Waals surface area contributed by atoms with E-state index in [0.29, 0.717) is 0 Å². The van der Waals surface area contributed by atoms with Crippen molar-refractivity contribution in [3.8, 4) is 0 Å². The minimum atomic E-state index is -1.24. The van der Waals surface area contributed by atoms with Gasteiger partial charge in [-0.25, -0.2) is 4.79 Å². The van der Waals surface area contributed by atoms with Crippen LogP contribution >= 0.6 is 0 Å². The third-order valence-corrected chi connectivity index (χ3v) is 3.29. The first-order valence-electron chi connectivity index (χ1n) is 6.30. The molecule has 20 heavy (non-hydrogen) atoms. The molecule has 0 spiro atoms. The Hall–Kier alpha value is -1.52. The molecule has 2 aliphatic heterocycles. The second-order valence-corrected chi connectivity index (χ2v) is 4.81. The summed E-state index contributed by atoms with van der Waals surface area (Å²) in [5, 5.41) is 21.6. The van der Waals surface area contributed by atoms with E-state index in [4.69, 9.17) is 15.3 Å². The van der Waals surface area contributed by atoms with Gasteiger partial charge in [0.1, 0.15) is 24.1 Å². The Labute approximate surface area is 114 Å². The number of rotatable bonds is 4. The summed E-state index contributed by atoms with van der Waals surface area (Å²) < 4.78 is 6.60. The maximum atomic E-state index is 11.7. The summed E-state index contributed by atoms with van der Waals surface area (Å²) in [5.74, 6) is 0.0840. The maximum absolute atomic E-state index is 11.7. The van der Waals surface area contributed by atoms with E-state index in [9.17, 15) is 15.0 Å². The molecule has 1 aromatic rings. The van der Waals surface area contributed by atoms with Crippen LogP contribution in [-0.2, 0) is 9.57 Å². The molecule has 0 aromatic carbocycles. The zero-order valence-corrected chi connectivity index (χ0v) is 10.6. The lowest BCUT2D eigenvalue weighted by Gasteiger charge is -2.16. The van der Waals surface area contributed by atoms with Crippen LogP contribution in [-0.4, -0.2) is 62.8 Å². The fraction of sp³-hybridized carbons (Fsp3) is 0.636. The Balaban J connectivity index is 1.74. The second-order valence-electron chi connectivity index (χ2n) is 4.81.